The molecule has 2 N–H and O–H groups in total. The highest BCUT2D eigenvalue weighted by Gasteiger charge is 2.38. The molecule has 1 fully saturated rings. The first-order valence-corrected chi connectivity index (χ1v) is 5.94. The molecule has 1 heterocycles. The van der Waals surface area contributed by atoms with E-state index in [0.29, 0.717) is 0 Å². The second-order valence-corrected chi connectivity index (χ2v) is 5.31. The number of pyridine rings is 1. The van der Waals surface area contributed by atoms with Gasteiger partial charge in [-0.2, -0.15) is 0 Å². The Morgan fingerprint density at radius 2 is 2.06 bits per heavy atom. The molecular weight excluding hydrogens is 198 g/mol. The van der Waals surface area contributed by atoms with E-state index in [9.17, 15) is 0 Å². The van der Waals surface area contributed by atoms with Crippen molar-refractivity contribution in [2.45, 2.75) is 31.8 Å². The quantitative estimate of drug-likeness (QED) is 0.818. The minimum absolute atomic E-state index is 0.0260. The topological polar surface area (TPSA) is 42.2 Å². The van der Waals surface area contributed by atoms with E-state index < -0.39 is 0 Å². The van der Waals surface area contributed by atoms with Gasteiger partial charge in [0.25, 0.3) is 0 Å². The maximum Gasteiger partial charge on any atom is 0.0283 e. The van der Waals surface area contributed by atoms with Crippen LogP contribution in [0.2, 0.25) is 0 Å². The van der Waals surface area contributed by atoms with Crippen molar-refractivity contribution in [3.05, 3.63) is 30.1 Å². The van der Waals surface area contributed by atoms with Gasteiger partial charge in [0, 0.05) is 31.0 Å². The van der Waals surface area contributed by atoms with Gasteiger partial charge >= 0.3 is 0 Å². The van der Waals surface area contributed by atoms with Crippen LogP contribution in [-0.4, -0.2) is 29.0 Å². The Bertz CT molecular complexity index is 330. The van der Waals surface area contributed by atoms with Crippen LogP contribution in [0.15, 0.2) is 24.5 Å². The first-order valence-electron chi connectivity index (χ1n) is 5.94. The highest BCUT2D eigenvalue weighted by Crippen LogP contribution is 2.38. The minimum Gasteiger partial charge on any atom is -0.324 e. The summed E-state index contributed by atoms with van der Waals surface area (Å²) in [6, 6.07) is 4.11. The standard InChI is InChI=1S/C13H21N3/c1-13(14,12-3-4-12)10-16(2)9-11-5-7-15-8-6-11/h5-8,12H,3-4,9-10,14H2,1-2H3. The highest BCUT2D eigenvalue weighted by atomic mass is 15.1. The Morgan fingerprint density at radius 1 is 1.44 bits per heavy atom. The first kappa shape index (κ1) is 11.6. The molecule has 1 unspecified atom stereocenters. The normalized spacial score (nSPS) is 19.8. The lowest BCUT2D eigenvalue weighted by Gasteiger charge is -2.30. The second kappa shape index (κ2) is 4.52. The molecule has 1 aromatic heterocycles. The molecule has 1 aromatic rings. The summed E-state index contributed by atoms with van der Waals surface area (Å²) < 4.78 is 0. The summed E-state index contributed by atoms with van der Waals surface area (Å²) in [6.07, 6.45) is 6.28. The summed E-state index contributed by atoms with van der Waals surface area (Å²) in [4.78, 5) is 6.32. The highest BCUT2D eigenvalue weighted by molar-refractivity contribution is 5.09. The molecule has 0 radical (unpaired) electrons. The van der Waals surface area contributed by atoms with Gasteiger partial charge in [-0.3, -0.25) is 4.98 Å². The van der Waals surface area contributed by atoms with Crippen molar-refractivity contribution in [1.82, 2.24) is 9.88 Å². The molecule has 0 bridgehead atoms. The van der Waals surface area contributed by atoms with Gasteiger partial charge in [0.1, 0.15) is 0 Å². The summed E-state index contributed by atoms with van der Waals surface area (Å²) in [5, 5.41) is 0. The maximum atomic E-state index is 6.32. The van der Waals surface area contributed by atoms with E-state index in [4.69, 9.17) is 5.73 Å². The maximum absolute atomic E-state index is 6.32. The van der Waals surface area contributed by atoms with E-state index in [0.717, 1.165) is 19.0 Å². The van der Waals surface area contributed by atoms with Gasteiger partial charge in [0.15, 0.2) is 0 Å². The molecule has 3 heteroatoms. The SMILES string of the molecule is CN(Cc1ccncc1)CC(C)(N)C1CC1. The molecule has 1 atom stereocenters. The number of hydrogen-bond donors (Lipinski definition) is 1. The zero-order chi connectivity index (χ0) is 11.6. The van der Waals surface area contributed by atoms with Crippen LogP contribution in [0.1, 0.15) is 25.3 Å². The second-order valence-electron chi connectivity index (χ2n) is 5.31. The van der Waals surface area contributed by atoms with Gasteiger partial charge in [-0.1, -0.05) is 0 Å². The van der Waals surface area contributed by atoms with Gasteiger partial charge in [-0.05, 0) is 50.4 Å². The molecular formula is C13H21N3. The summed E-state index contributed by atoms with van der Waals surface area (Å²) in [5.74, 6) is 0.729. The van der Waals surface area contributed by atoms with Gasteiger partial charge in [0.2, 0.25) is 0 Å². The average Bonchev–Trinajstić information content (AvgIpc) is 3.01. The van der Waals surface area contributed by atoms with Crippen molar-refractivity contribution >= 4 is 0 Å². The van der Waals surface area contributed by atoms with Gasteiger partial charge in [-0.15, -0.1) is 0 Å². The van der Waals surface area contributed by atoms with E-state index in [1.165, 1.54) is 18.4 Å². The lowest BCUT2D eigenvalue weighted by molar-refractivity contribution is 0.232. The van der Waals surface area contributed by atoms with Crippen LogP contribution >= 0.6 is 0 Å². The largest absolute Gasteiger partial charge is 0.324 e. The molecule has 0 aromatic carbocycles. The lowest BCUT2D eigenvalue weighted by atomic mass is 9.96. The summed E-state index contributed by atoms with van der Waals surface area (Å²) >= 11 is 0. The zero-order valence-electron chi connectivity index (χ0n) is 10.2. The molecule has 0 aliphatic heterocycles. The third-order valence-electron chi connectivity index (χ3n) is 3.32. The van der Waals surface area contributed by atoms with Crippen LogP contribution in [0.4, 0.5) is 0 Å². The van der Waals surface area contributed by atoms with Crippen LogP contribution in [0, 0.1) is 5.92 Å². The summed E-state index contributed by atoms with van der Waals surface area (Å²) in [5.41, 5.74) is 7.59. The Kier molecular flexibility index (Phi) is 3.26. The minimum atomic E-state index is -0.0260. The first-order chi connectivity index (χ1) is 7.58. The Hall–Kier alpha value is -0.930. The number of rotatable bonds is 5. The number of hydrogen-bond acceptors (Lipinski definition) is 3. The predicted octanol–water partition coefficient (Wildman–Crippen LogP) is 1.64. The summed E-state index contributed by atoms with van der Waals surface area (Å²) in [7, 11) is 2.13. The van der Waals surface area contributed by atoms with Crippen LogP contribution in [0.25, 0.3) is 0 Å². The van der Waals surface area contributed by atoms with Crippen molar-refractivity contribution < 1.29 is 0 Å². The fraction of sp³-hybridized carbons (Fsp3) is 0.615. The smallest absolute Gasteiger partial charge is 0.0283 e. The van der Waals surface area contributed by atoms with Crippen molar-refractivity contribution in [1.29, 1.82) is 0 Å². The molecule has 0 amide bonds. The monoisotopic (exact) mass is 219 g/mol. The predicted molar refractivity (Wildman–Crippen MR) is 65.9 cm³/mol. The summed E-state index contributed by atoms with van der Waals surface area (Å²) in [6.45, 7) is 4.08. The molecule has 16 heavy (non-hydrogen) atoms. The van der Waals surface area contributed by atoms with Crippen LogP contribution in [0.5, 0.6) is 0 Å². The Morgan fingerprint density at radius 3 is 2.62 bits per heavy atom. The number of likely N-dealkylation sites (N-methyl/N-ethyl adjacent to an activating group) is 1. The molecule has 1 aliphatic carbocycles. The molecule has 2 rings (SSSR count). The lowest BCUT2D eigenvalue weighted by Crippen LogP contribution is -2.48. The van der Waals surface area contributed by atoms with Crippen LogP contribution < -0.4 is 5.73 Å². The molecule has 3 nitrogen and oxygen atoms in total. The Balaban J connectivity index is 1.86. The molecule has 1 aliphatic rings. The average molecular weight is 219 g/mol. The number of aromatic nitrogens is 1. The van der Waals surface area contributed by atoms with Gasteiger partial charge < -0.3 is 10.6 Å². The van der Waals surface area contributed by atoms with E-state index >= 15 is 0 Å². The fourth-order valence-corrected chi connectivity index (χ4v) is 2.31. The van der Waals surface area contributed by atoms with E-state index in [1.54, 1.807) is 0 Å². The van der Waals surface area contributed by atoms with E-state index in [1.807, 2.05) is 12.4 Å². The third-order valence-corrected chi connectivity index (χ3v) is 3.32. The Labute approximate surface area is 97.7 Å². The molecule has 0 spiro atoms. The van der Waals surface area contributed by atoms with E-state index in [-0.39, 0.29) is 5.54 Å². The van der Waals surface area contributed by atoms with Crippen molar-refractivity contribution in [3.8, 4) is 0 Å². The number of nitrogens with two attached hydrogens (primary N) is 1. The van der Waals surface area contributed by atoms with Crippen molar-refractivity contribution in [2.75, 3.05) is 13.6 Å². The number of nitrogens with zero attached hydrogens (tertiary/aromatic N) is 2. The fourth-order valence-electron chi connectivity index (χ4n) is 2.31. The van der Waals surface area contributed by atoms with Gasteiger partial charge in [-0.25, -0.2) is 0 Å². The van der Waals surface area contributed by atoms with Crippen LogP contribution in [0.3, 0.4) is 0 Å². The van der Waals surface area contributed by atoms with Crippen molar-refractivity contribution in [2.24, 2.45) is 11.7 Å². The molecule has 88 valence electrons. The van der Waals surface area contributed by atoms with Crippen LogP contribution in [-0.2, 0) is 6.54 Å². The zero-order valence-corrected chi connectivity index (χ0v) is 10.2. The third kappa shape index (κ3) is 3.03. The van der Waals surface area contributed by atoms with Gasteiger partial charge in [0.05, 0.1) is 0 Å². The van der Waals surface area contributed by atoms with Crippen molar-refractivity contribution in [3.63, 3.8) is 0 Å². The van der Waals surface area contributed by atoms with E-state index in [2.05, 4.69) is 36.0 Å². The molecule has 1 saturated carbocycles. The molecule has 0 saturated heterocycles.